The van der Waals surface area contributed by atoms with Gasteiger partial charge in [0.25, 0.3) is 0 Å². The summed E-state index contributed by atoms with van der Waals surface area (Å²) in [5.74, 6) is -0.0823. The summed E-state index contributed by atoms with van der Waals surface area (Å²) in [6.07, 6.45) is 2.94. The second-order valence-electron chi connectivity index (χ2n) is 4.99. The summed E-state index contributed by atoms with van der Waals surface area (Å²) in [5, 5.41) is 9.26. The number of amides is 1. The number of hydrogen-bond acceptors (Lipinski definition) is 3. The topological polar surface area (TPSA) is 59.8 Å². The lowest BCUT2D eigenvalue weighted by Gasteiger charge is -2.15. The standard InChI is InChI=1S/C16H16N4O/c1-12(19-16(21)9-20-11-17-10-18-20)14-7-6-13-4-2-3-5-15(13)8-14/h2-8,10-12H,9H2,1H3,(H,19,21). The molecular formula is C16H16N4O. The van der Waals surface area contributed by atoms with Crippen molar-refractivity contribution in [2.45, 2.75) is 19.5 Å². The van der Waals surface area contributed by atoms with Gasteiger partial charge in [0.2, 0.25) is 5.91 Å². The van der Waals surface area contributed by atoms with Gasteiger partial charge in [-0.05, 0) is 29.3 Å². The van der Waals surface area contributed by atoms with Gasteiger partial charge in [-0.25, -0.2) is 9.67 Å². The Hall–Kier alpha value is -2.69. The van der Waals surface area contributed by atoms with E-state index in [1.165, 1.54) is 28.1 Å². The van der Waals surface area contributed by atoms with Crippen molar-refractivity contribution in [1.29, 1.82) is 0 Å². The highest BCUT2D eigenvalue weighted by molar-refractivity contribution is 5.83. The normalized spacial score (nSPS) is 12.2. The van der Waals surface area contributed by atoms with Crippen molar-refractivity contribution in [1.82, 2.24) is 20.1 Å². The van der Waals surface area contributed by atoms with Gasteiger partial charge in [-0.15, -0.1) is 0 Å². The van der Waals surface area contributed by atoms with E-state index < -0.39 is 0 Å². The lowest BCUT2D eigenvalue weighted by atomic mass is 10.0. The summed E-state index contributed by atoms with van der Waals surface area (Å²) in [7, 11) is 0. The minimum absolute atomic E-state index is 0.0503. The number of hydrogen-bond donors (Lipinski definition) is 1. The highest BCUT2D eigenvalue weighted by Crippen LogP contribution is 2.20. The van der Waals surface area contributed by atoms with Crippen molar-refractivity contribution in [3.63, 3.8) is 0 Å². The molecule has 0 aliphatic heterocycles. The van der Waals surface area contributed by atoms with Crippen molar-refractivity contribution in [2.24, 2.45) is 0 Å². The van der Waals surface area contributed by atoms with Crippen LogP contribution in [0.2, 0.25) is 0 Å². The first-order valence-electron chi connectivity index (χ1n) is 6.83. The van der Waals surface area contributed by atoms with E-state index in [2.05, 4.69) is 39.7 Å². The van der Waals surface area contributed by atoms with Gasteiger partial charge in [0.1, 0.15) is 19.2 Å². The van der Waals surface area contributed by atoms with Crippen LogP contribution >= 0.6 is 0 Å². The maximum absolute atomic E-state index is 12.0. The highest BCUT2D eigenvalue weighted by atomic mass is 16.2. The van der Waals surface area contributed by atoms with Crippen molar-refractivity contribution >= 4 is 16.7 Å². The minimum atomic E-state index is -0.0823. The van der Waals surface area contributed by atoms with E-state index in [1.54, 1.807) is 0 Å². The lowest BCUT2D eigenvalue weighted by molar-refractivity contribution is -0.122. The maximum Gasteiger partial charge on any atom is 0.242 e. The van der Waals surface area contributed by atoms with E-state index in [0.717, 1.165) is 5.56 Å². The molecule has 5 nitrogen and oxygen atoms in total. The van der Waals surface area contributed by atoms with E-state index in [9.17, 15) is 4.79 Å². The molecule has 0 saturated heterocycles. The highest BCUT2D eigenvalue weighted by Gasteiger charge is 2.10. The van der Waals surface area contributed by atoms with E-state index >= 15 is 0 Å². The molecule has 21 heavy (non-hydrogen) atoms. The van der Waals surface area contributed by atoms with Crippen LogP contribution in [0.15, 0.2) is 55.1 Å². The first-order valence-corrected chi connectivity index (χ1v) is 6.83. The molecule has 3 rings (SSSR count). The van der Waals surface area contributed by atoms with Crippen LogP contribution < -0.4 is 5.32 Å². The van der Waals surface area contributed by atoms with Crippen LogP contribution in [0.5, 0.6) is 0 Å². The number of carbonyl (C=O) groups is 1. The molecule has 1 heterocycles. The van der Waals surface area contributed by atoms with Crippen LogP contribution in [0, 0.1) is 0 Å². The third kappa shape index (κ3) is 3.08. The number of rotatable bonds is 4. The molecule has 0 radical (unpaired) electrons. The molecule has 5 heteroatoms. The quantitative estimate of drug-likeness (QED) is 0.797. The predicted octanol–water partition coefficient (Wildman–Crippen LogP) is 2.31. The lowest BCUT2D eigenvalue weighted by Crippen LogP contribution is -2.30. The molecule has 0 aliphatic carbocycles. The molecule has 2 aromatic carbocycles. The monoisotopic (exact) mass is 280 g/mol. The third-order valence-electron chi connectivity index (χ3n) is 3.42. The zero-order chi connectivity index (χ0) is 14.7. The summed E-state index contributed by atoms with van der Waals surface area (Å²) in [5.41, 5.74) is 1.08. The second-order valence-corrected chi connectivity index (χ2v) is 4.99. The van der Waals surface area contributed by atoms with Crippen LogP contribution in [-0.4, -0.2) is 20.7 Å². The molecule has 0 saturated carbocycles. The third-order valence-corrected chi connectivity index (χ3v) is 3.42. The van der Waals surface area contributed by atoms with Gasteiger partial charge in [0, 0.05) is 0 Å². The van der Waals surface area contributed by atoms with E-state index in [1.807, 2.05) is 25.1 Å². The zero-order valence-electron chi connectivity index (χ0n) is 11.7. The molecule has 0 aliphatic rings. The number of nitrogens with zero attached hydrogens (tertiary/aromatic N) is 3. The molecule has 1 N–H and O–H groups in total. The molecule has 1 atom stereocenters. The summed E-state index contributed by atoms with van der Waals surface area (Å²) < 4.78 is 1.50. The molecule has 106 valence electrons. The van der Waals surface area contributed by atoms with E-state index in [0.29, 0.717) is 0 Å². The van der Waals surface area contributed by atoms with Gasteiger partial charge in [-0.2, -0.15) is 5.10 Å². The Labute approximate surface area is 122 Å². The Morgan fingerprint density at radius 1 is 1.24 bits per heavy atom. The molecule has 0 spiro atoms. The fraction of sp³-hybridized carbons (Fsp3) is 0.188. The summed E-state index contributed by atoms with van der Waals surface area (Å²) in [6, 6.07) is 14.4. The largest absolute Gasteiger partial charge is 0.348 e. The van der Waals surface area contributed by atoms with Crippen LogP contribution in [0.4, 0.5) is 0 Å². The van der Waals surface area contributed by atoms with Crippen LogP contribution in [0.3, 0.4) is 0 Å². The number of nitrogens with one attached hydrogen (secondary N) is 1. The number of aromatic nitrogens is 3. The minimum Gasteiger partial charge on any atom is -0.348 e. The Bertz CT molecular complexity index is 752. The Morgan fingerprint density at radius 2 is 2.05 bits per heavy atom. The number of benzene rings is 2. The molecule has 1 amide bonds. The molecule has 3 aromatic rings. The molecule has 0 fully saturated rings. The van der Waals surface area contributed by atoms with Gasteiger partial charge in [0.05, 0.1) is 6.04 Å². The maximum atomic E-state index is 12.0. The van der Waals surface area contributed by atoms with Gasteiger partial charge < -0.3 is 5.32 Å². The van der Waals surface area contributed by atoms with Gasteiger partial charge in [-0.3, -0.25) is 4.79 Å². The van der Waals surface area contributed by atoms with Crippen molar-refractivity contribution in [3.8, 4) is 0 Å². The number of carbonyl (C=O) groups excluding carboxylic acids is 1. The molecule has 1 aromatic heterocycles. The SMILES string of the molecule is CC(NC(=O)Cn1cncn1)c1ccc2ccccc2c1. The Kier molecular flexibility index (Phi) is 3.64. The first kappa shape index (κ1) is 13.3. The van der Waals surface area contributed by atoms with E-state index in [-0.39, 0.29) is 18.5 Å². The predicted molar refractivity (Wildman–Crippen MR) is 80.5 cm³/mol. The van der Waals surface area contributed by atoms with E-state index in [4.69, 9.17) is 0 Å². The van der Waals surface area contributed by atoms with Gasteiger partial charge in [0.15, 0.2) is 0 Å². The fourth-order valence-electron chi connectivity index (χ4n) is 2.31. The van der Waals surface area contributed by atoms with Gasteiger partial charge >= 0.3 is 0 Å². The smallest absolute Gasteiger partial charge is 0.242 e. The first-order chi connectivity index (χ1) is 10.2. The van der Waals surface area contributed by atoms with Crippen molar-refractivity contribution in [2.75, 3.05) is 0 Å². The van der Waals surface area contributed by atoms with Crippen LogP contribution in [-0.2, 0) is 11.3 Å². The Balaban J connectivity index is 1.71. The van der Waals surface area contributed by atoms with Gasteiger partial charge in [-0.1, -0.05) is 36.4 Å². The van der Waals surface area contributed by atoms with Crippen molar-refractivity contribution in [3.05, 3.63) is 60.7 Å². The summed E-state index contributed by atoms with van der Waals surface area (Å²) >= 11 is 0. The Morgan fingerprint density at radius 3 is 2.81 bits per heavy atom. The molecule has 0 bridgehead atoms. The average Bonchev–Trinajstić information content (AvgIpc) is 2.99. The zero-order valence-corrected chi connectivity index (χ0v) is 11.7. The fourth-order valence-corrected chi connectivity index (χ4v) is 2.31. The molecular weight excluding hydrogens is 264 g/mol. The summed E-state index contributed by atoms with van der Waals surface area (Å²) in [4.78, 5) is 15.8. The number of fused-ring (bicyclic) bond motifs is 1. The average molecular weight is 280 g/mol. The van der Waals surface area contributed by atoms with Crippen LogP contribution in [0.25, 0.3) is 10.8 Å². The van der Waals surface area contributed by atoms with Crippen molar-refractivity contribution < 1.29 is 4.79 Å². The summed E-state index contributed by atoms with van der Waals surface area (Å²) in [6.45, 7) is 2.15. The second kappa shape index (κ2) is 5.75. The van der Waals surface area contributed by atoms with Crippen LogP contribution in [0.1, 0.15) is 18.5 Å². The molecule has 1 unspecified atom stereocenters.